The lowest BCUT2D eigenvalue weighted by atomic mass is 9.90. The lowest BCUT2D eigenvalue weighted by molar-refractivity contribution is -0.543. The molecule has 0 spiro atoms. The number of ether oxygens (including phenoxy) is 1. The van der Waals surface area contributed by atoms with Gasteiger partial charge in [-0.3, -0.25) is 0 Å². The van der Waals surface area contributed by atoms with Crippen LogP contribution in [-0.2, 0) is 38.9 Å². The van der Waals surface area contributed by atoms with Gasteiger partial charge in [-0.2, -0.15) is 9.78 Å². The molecule has 9 nitrogen and oxygen atoms in total. The van der Waals surface area contributed by atoms with Crippen LogP contribution in [0.5, 0.6) is 0 Å². The summed E-state index contributed by atoms with van der Waals surface area (Å²) in [5.41, 5.74) is -1.73. The van der Waals surface area contributed by atoms with E-state index >= 15 is 0 Å². The molecule has 0 aliphatic rings. The van der Waals surface area contributed by atoms with E-state index < -0.39 is 29.8 Å². The number of hydrogen-bond acceptors (Lipinski definition) is 8. The minimum Gasteiger partial charge on any atom is -0.479 e. The second kappa shape index (κ2) is 15.1. The van der Waals surface area contributed by atoms with Crippen molar-refractivity contribution in [3.63, 3.8) is 0 Å². The van der Waals surface area contributed by atoms with E-state index in [0.29, 0.717) is 38.2 Å². The Bertz CT molecular complexity index is 488. The third-order valence-electron chi connectivity index (χ3n) is 4.90. The largest absolute Gasteiger partial charge is 0.479 e. The number of carbonyl (C=O) groups is 1. The lowest BCUT2D eigenvalue weighted by Gasteiger charge is -2.36. The lowest BCUT2D eigenvalue weighted by Crippen LogP contribution is -2.54. The van der Waals surface area contributed by atoms with Crippen molar-refractivity contribution in [1.29, 1.82) is 0 Å². The molecule has 0 aromatic rings. The summed E-state index contributed by atoms with van der Waals surface area (Å²) >= 11 is 0. The van der Waals surface area contributed by atoms with Crippen molar-refractivity contribution in [2.24, 2.45) is 5.92 Å². The molecular weight excluding hydrogens is 408 g/mol. The van der Waals surface area contributed by atoms with Crippen molar-refractivity contribution < 1.29 is 44.0 Å². The molecule has 0 bridgehead atoms. The Balaban J connectivity index is 5.25. The second-order valence-electron chi connectivity index (χ2n) is 8.37. The monoisotopic (exact) mass is 452 g/mol. The molecule has 1 N–H and O–H groups in total. The van der Waals surface area contributed by atoms with Crippen molar-refractivity contribution in [2.45, 2.75) is 124 Å². The van der Waals surface area contributed by atoms with E-state index in [1.807, 2.05) is 34.6 Å². The van der Waals surface area contributed by atoms with E-state index in [2.05, 4.69) is 0 Å². The van der Waals surface area contributed by atoms with Crippen LogP contribution in [0.3, 0.4) is 0 Å². The number of aliphatic carboxylic acids is 1. The van der Waals surface area contributed by atoms with Crippen LogP contribution in [0.25, 0.3) is 0 Å². The zero-order valence-corrected chi connectivity index (χ0v) is 20.8. The fourth-order valence-corrected chi connectivity index (χ4v) is 2.34. The van der Waals surface area contributed by atoms with E-state index in [1.165, 1.54) is 0 Å². The third-order valence-corrected chi connectivity index (χ3v) is 4.90. The molecule has 0 aromatic carbocycles. The van der Waals surface area contributed by atoms with Gasteiger partial charge in [-0.05, 0) is 46.0 Å². The van der Waals surface area contributed by atoms with Gasteiger partial charge >= 0.3 is 5.97 Å². The van der Waals surface area contributed by atoms with E-state index in [9.17, 15) is 9.90 Å². The minimum atomic E-state index is -1.73. The summed E-state index contributed by atoms with van der Waals surface area (Å²) in [5.74, 6) is -2.11. The van der Waals surface area contributed by atoms with E-state index in [4.69, 9.17) is 34.1 Å². The average Bonchev–Trinajstić information content (AvgIpc) is 2.74. The third kappa shape index (κ3) is 10.6. The molecule has 0 heterocycles. The topological polar surface area (TPSA) is 102 Å². The Hall–Kier alpha value is -0.810. The normalized spacial score (nSPS) is 18.9. The molecule has 0 radical (unpaired) electrons. The smallest absolute Gasteiger partial charge is 0.342 e. The Kier molecular flexibility index (Phi) is 14.7. The van der Waals surface area contributed by atoms with Gasteiger partial charge in [0.15, 0.2) is 6.29 Å². The maximum absolute atomic E-state index is 12.2. The molecule has 0 aliphatic carbocycles. The summed E-state index contributed by atoms with van der Waals surface area (Å²) < 4.78 is 5.52. The highest BCUT2D eigenvalue weighted by molar-refractivity contribution is 5.78. The quantitative estimate of drug-likeness (QED) is 0.161. The number of carboxylic acid groups (broad SMARTS) is 1. The zero-order valence-electron chi connectivity index (χ0n) is 20.8. The first-order chi connectivity index (χ1) is 14.5. The van der Waals surface area contributed by atoms with Gasteiger partial charge in [0.25, 0.3) is 0 Å². The number of rotatable bonds is 19. The molecule has 9 heteroatoms. The molecule has 0 saturated carbocycles. The molecule has 0 fully saturated rings. The first-order valence-electron chi connectivity index (χ1n) is 11.4. The van der Waals surface area contributed by atoms with Crippen molar-refractivity contribution >= 4 is 5.97 Å². The van der Waals surface area contributed by atoms with Gasteiger partial charge in [-0.15, -0.1) is 0 Å². The summed E-state index contributed by atoms with van der Waals surface area (Å²) in [6, 6.07) is 0. The summed E-state index contributed by atoms with van der Waals surface area (Å²) in [4.78, 5) is 44.9. The molecule has 0 aromatic heterocycles. The van der Waals surface area contributed by atoms with Gasteiger partial charge in [0.2, 0.25) is 11.4 Å². The van der Waals surface area contributed by atoms with Gasteiger partial charge in [0.05, 0.1) is 12.7 Å². The van der Waals surface area contributed by atoms with Crippen molar-refractivity contribution in [3.05, 3.63) is 0 Å². The number of hydrogen-bond donors (Lipinski definition) is 1. The first kappa shape index (κ1) is 30.2. The number of carboxylic acids is 1. The molecule has 5 atom stereocenters. The Morgan fingerprint density at radius 3 is 1.97 bits per heavy atom. The molecule has 0 aliphatic heterocycles. The maximum Gasteiger partial charge on any atom is 0.342 e. The fourth-order valence-electron chi connectivity index (χ4n) is 2.34. The SMILES string of the molecule is CCCC(OOC(C)(CC)OOC(C)OCC(C)C)C(CC)(OOC(C)CC)C(=O)O. The van der Waals surface area contributed by atoms with Crippen LogP contribution in [0.1, 0.15) is 94.4 Å². The van der Waals surface area contributed by atoms with Gasteiger partial charge < -0.3 is 9.84 Å². The molecule has 0 amide bonds. The van der Waals surface area contributed by atoms with Crippen LogP contribution in [0.4, 0.5) is 0 Å². The van der Waals surface area contributed by atoms with Gasteiger partial charge in [-0.1, -0.05) is 48.0 Å². The Morgan fingerprint density at radius 2 is 1.52 bits per heavy atom. The Labute approximate surface area is 187 Å². The van der Waals surface area contributed by atoms with Crippen LogP contribution in [0.15, 0.2) is 0 Å². The van der Waals surface area contributed by atoms with Gasteiger partial charge in [-0.25, -0.2) is 24.3 Å². The fraction of sp³-hybridized carbons (Fsp3) is 0.955. The van der Waals surface area contributed by atoms with Crippen LogP contribution >= 0.6 is 0 Å². The Morgan fingerprint density at radius 1 is 0.903 bits per heavy atom. The van der Waals surface area contributed by atoms with Crippen molar-refractivity contribution in [1.82, 2.24) is 0 Å². The molecule has 0 saturated heterocycles. The van der Waals surface area contributed by atoms with Gasteiger partial charge in [0, 0.05) is 6.42 Å². The minimum absolute atomic E-state index is 0.118. The molecule has 0 rings (SSSR count). The van der Waals surface area contributed by atoms with Gasteiger partial charge in [0.1, 0.15) is 6.10 Å². The first-order valence-corrected chi connectivity index (χ1v) is 11.4. The molecular formula is C22H44O9. The highest BCUT2D eigenvalue weighted by atomic mass is 17.3. The average molecular weight is 453 g/mol. The predicted octanol–water partition coefficient (Wildman–Crippen LogP) is 5.18. The van der Waals surface area contributed by atoms with Crippen LogP contribution < -0.4 is 0 Å². The van der Waals surface area contributed by atoms with Crippen LogP contribution in [0.2, 0.25) is 0 Å². The van der Waals surface area contributed by atoms with E-state index in [1.54, 1.807) is 27.7 Å². The summed E-state index contributed by atoms with van der Waals surface area (Å²) in [7, 11) is 0. The zero-order chi connectivity index (χ0) is 24.1. The summed E-state index contributed by atoms with van der Waals surface area (Å²) in [5, 5.41) is 9.96. The second-order valence-corrected chi connectivity index (χ2v) is 8.37. The van der Waals surface area contributed by atoms with E-state index in [-0.39, 0.29) is 12.5 Å². The summed E-state index contributed by atoms with van der Waals surface area (Å²) in [6.07, 6.45) is 0.377. The highest BCUT2D eigenvalue weighted by Gasteiger charge is 2.50. The highest BCUT2D eigenvalue weighted by Crippen LogP contribution is 2.31. The maximum atomic E-state index is 12.2. The van der Waals surface area contributed by atoms with E-state index in [0.717, 1.165) is 0 Å². The molecule has 5 unspecified atom stereocenters. The molecule has 186 valence electrons. The predicted molar refractivity (Wildman–Crippen MR) is 115 cm³/mol. The van der Waals surface area contributed by atoms with Crippen molar-refractivity contribution in [3.8, 4) is 0 Å². The van der Waals surface area contributed by atoms with Crippen LogP contribution in [0, 0.1) is 5.92 Å². The van der Waals surface area contributed by atoms with Crippen LogP contribution in [-0.4, -0.2) is 47.6 Å². The summed E-state index contributed by atoms with van der Waals surface area (Å²) in [6.45, 7) is 17.1. The molecule has 31 heavy (non-hydrogen) atoms. The standard InChI is InChI=1S/C22H44O9/c1-10-14-19(22(13-4,20(23)24)31-26-17(7)11-2)28-30-21(9,12-3)29-27-18(8)25-15-16(5)6/h16-19H,10-15H2,1-9H3,(H,23,24). The van der Waals surface area contributed by atoms with Crippen molar-refractivity contribution in [2.75, 3.05) is 6.61 Å².